The summed E-state index contributed by atoms with van der Waals surface area (Å²) in [6, 6.07) is 14.3. The van der Waals surface area contributed by atoms with E-state index in [0.717, 1.165) is 11.4 Å². The van der Waals surface area contributed by atoms with Crippen LogP contribution in [0.4, 0.5) is 5.82 Å². The third kappa shape index (κ3) is 2.89. The zero-order valence-electron chi connectivity index (χ0n) is 14.6. The highest BCUT2D eigenvalue weighted by atomic mass is 16.5. The van der Waals surface area contributed by atoms with Gasteiger partial charge < -0.3 is 20.6 Å². The van der Waals surface area contributed by atoms with Crippen LogP contribution < -0.4 is 16.0 Å². The highest BCUT2D eigenvalue weighted by molar-refractivity contribution is 5.83. The van der Waals surface area contributed by atoms with Gasteiger partial charge in [-0.25, -0.2) is 4.98 Å². The summed E-state index contributed by atoms with van der Waals surface area (Å²) in [4.78, 5) is 19.5. The van der Waals surface area contributed by atoms with E-state index in [1.807, 2.05) is 31.2 Å². The number of aromatic nitrogens is 3. The average Bonchev–Trinajstić information content (AvgIpc) is 2.97. The first kappa shape index (κ1) is 16.7. The maximum atomic E-state index is 12.3. The topological polar surface area (TPSA) is 106 Å². The van der Waals surface area contributed by atoms with E-state index < -0.39 is 0 Å². The van der Waals surface area contributed by atoms with Crippen molar-refractivity contribution in [2.24, 2.45) is 0 Å². The van der Waals surface area contributed by atoms with E-state index in [1.54, 1.807) is 28.8 Å². The molecule has 2 heterocycles. The number of anilines is 1. The molecule has 7 heteroatoms. The maximum absolute atomic E-state index is 12.3. The second kappa shape index (κ2) is 6.53. The number of nitrogens with two attached hydrogens (primary N) is 1. The van der Waals surface area contributed by atoms with Gasteiger partial charge >= 0.3 is 0 Å². The van der Waals surface area contributed by atoms with Crippen LogP contribution in [0.5, 0.6) is 11.5 Å². The molecule has 0 saturated carbocycles. The summed E-state index contributed by atoms with van der Waals surface area (Å²) in [5.41, 5.74) is 7.55. The number of hydrogen-bond donors (Lipinski definition) is 3. The molecule has 0 aliphatic heterocycles. The number of nitrogen functional groups attached to an aromatic ring is 1. The first-order chi connectivity index (χ1) is 13.1. The van der Waals surface area contributed by atoms with Crippen molar-refractivity contribution in [1.29, 1.82) is 0 Å². The van der Waals surface area contributed by atoms with Crippen LogP contribution in [-0.2, 0) is 0 Å². The molecule has 4 aromatic rings. The van der Waals surface area contributed by atoms with Gasteiger partial charge in [0, 0.05) is 5.69 Å². The Balaban J connectivity index is 1.83. The molecule has 0 bridgehead atoms. The third-order valence-corrected chi connectivity index (χ3v) is 4.30. The maximum Gasteiger partial charge on any atom is 0.259 e. The lowest BCUT2D eigenvalue weighted by atomic mass is 10.2. The Morgan fingerprint density at radius 3 is 2.67 bits per heavy atom. The number of fused-ring (bicyclic) bond motifs is 1. The highest BCUT2D eigenvalue weighted by Crippen LogP contribution is 2.36. The number of hydrogen-bond acceptors (Lipinski definition) is 5. The average molecular weight is 362 g/mol. The zero-order chi connectivity index (χ0) is 19.0. The zero-order valence-corrected chi connectivity index (χ0v) is 14.6. The Bertz CT molecular complexity index is 1180. The molecule has 0 spiro atoms. The van der Waals surface area contributed by atoms with Crippen molar-refractivity contribution in [3.63, 3.8) is 0 Å². The van der Waals surface area contributed by atoms with Gasteiger partial charge in [-0.15, -0.1) is 0 Å². The van der Waals surface area contributed by atoms with Gasteiger partial charge in [0.05, 0.1) is 23.7 Å². The Morgan fingerprint density at radius 2 is 1.93 bits per heavy atom. The summed E-state index contributed by atoms with van der Waals surface area (Å²) in [6.45, 7) is 2.50. The molecule has 2 aromatic carbocycles. The molecule has 0 saturated heterocycles. The Morgan fingerprint density at radius 1 is 1.19 bits per heavy atom. The second-order valence-electron chi connectivity index (χ2n) is 6.00. The van der Waals surface area contributed by atoms with E-state index in [2.05, 4.69) is 9.97 Å². The van der Waals surface area contributed by atoms with Gasteiger partial charge in [0.15, 0.2) is 0 Å². The molecule has 0 radical (unpaired) electrons. The minimum Gasteiger partial charge on any atom is -0.505 e. The third-order valence-electron chi connectivity index (χ3n) is 4.30. The van der Waals surface area contributed by atoms with Gasteiger partial charge in [-0.05, 0) is 43.3 Å². The van der Waals surface area contributed by atoms with Crippen molar-refractivity contribution in [1.82, 2.24) is 14.5 Å². The Kier molecular flexibility index (Phi) is 4.04. The monoisotopic (exact) mass is 362 g/mol. The molecule has 4 N–H and O–H groups in total. The second-order valence-corrected chi connectivity index (χ2v) is 6.00. The minimum absolute atomic E-state index is 0.0696. The van der Waals surface area contributed by atoms with Crippen LogP contribution in [-0.4, -0.2) is 26.2 Å². The van der Waals surface area contributed by atoms with E-state index >= 15 is 0 Å². The molecule has 136 valence electrons. The van der Waals surface area contributed by atoms with E-state index in [9.17, 15) is 9.90 Å². The van der Waals surface area contributed by atoms with E-state index in [4.69, 9.17) is 10.5 Å². The SMILES string of the molecule is CCOc1ccc(-n2cc(O)c(-c3nc4ccccc4c(=O)[nH]3)c2N)cc1. The number of nitrogens with zero attached hydrogens (tertiary/aromatic N) is 2. The number of nitrogens with one attached hydrogen (secondary N) is 1. The number of ether oxygens (including phenoxy) is 1. The van der Waals surface area contributed by atoms with Crippen LogP contribution in [0.25, 0.3) is 28.0 Å². The Hall–Kier alpha value is -3.74. The smallest absolute Gasteiger partial charge is 0.259 e. The largest absolute Gasteiger partial charge is 0.505 e. The molecule has 4 rings (SSSR count). The molecule has 0 aliphatic rings. The molecule has 2 aromatic heterocycles. The summed E-state index contributed by atoms with van der Waals surface area (Å²) in [6.07, 6.45) is 1.50. The number of para-hydroxylation sites is 1. The molecule has 0 unspecified atom stereocenters. The van der Waals surface area contributed by atoms with Gasteiger partial charge in [0.25, 0.3) is 5.56 Å². The van der Waals surface area contributed by atoms with Crippen molar-refractivity contribution in [3.05, 3.63) is 65.1 Å². The quantitative estimate of drug-likeness (QED) is 0.517. The fraction of sp³-hybridized carbons (Fsp3) is 0.100. The van der Waals surface area contributed by atoms with Gasteiger partial charge in [0.1, 0.15) is 28.7 Å². The van der Waals surface area contributed by atoms with Crippen LogP contribution in [0.15, 0.2) is 59.5 Å². The molecular weight excluding hydrogens is 344 g/mol. The number of H-pyrrole nitrogens is 1. The van der Waals surface area contributed by atoms with Crippen LogP contribution in [0.1, 0.15) is 6.92 Å². The molecule has 0 aliphatic carbocycles. The van der Waals surface area contributed by atoms with Crippen molar-refractivity contribution >= 4 is 16.7 Å². The first-order valence-corrected chi connectivity index (χ1v) is 8.51. The lowest BCUT2D eigenvalue weighted by Gasteiger charge is -2.09. The van der Waals surface area contributed by atoms with Crippen molar-refractivity contribution in [3.8, 4) is 28.6 Å². The Labute approximate surface area is 154 Å². The summed E-state index contributed by atoms with van der Waals surface area (Å²) in [5.74, 6) is 1.17. The summed E-state index contributed by atoms with van der Waals surface area (Å²) >= 11 is 0. The summed E-state index contributed by atoms with van der Waals surface area (Å²) in [7, 11) is 0. The molecule has 0 fully saturated rings. The lowest BCUT2D eigenvalue weighted by Crippen LogP contribution is -2.10. The normalized spacial score (nSPS) is 11.0. The lowest BCUT2D eigenvalue weighted by molar-refractivity contribution is 0.340. The van der Waals surface area contributed by atoms with Crippen LogP contribution >= 0.6 is 0 Å². The van der Waals surface area contributed by atoms with Gasteiger partial charge in [0.2, 0.25) is 0 Å². The van der Waals surface area contributed by atoms with Crippen LogP contribution in [0.3, 0.4) is 0 Å². The van der Waals surface area contributed by atoms with Gasteiger partial charge in [-0.3, -0.25) is 9.36 Å². The molecule has 7 nitrogen and oxygen atoms in total. The predicted octanol–water partition coefficient (Wildman–Crippen LogP) is 3.07. The number of rotatable bonds is 4. The molecule has 0 amide bonds. The number of benzene rings is 2. The van der Waals surface area contributed by atoms with Gasteiger partial charge in [-0.1, -0.05) is 12.1 Å². The van der Waals surface area contributed by atoms with Crippen molar-refractivity contribution in [2.75, 3.05) is 12.3 Å². The number of aromatic hydroxyl groups is 1. The molecular formula is C20H18N4O3. The standard InChI is InChI=1S/C20H18N4O3/c1-2-27-13-9-7-12(8-10-13)24-11-16(25)17(18(24)21)19-22-15-6-4-3-5-14(15)20(26)23-19/h3-11,25H,2,21H2,1H3,(H,22,23,26). The van der Waals surface area contributed by atoms with Crippen molar-refractivity contribution in [2.45, 2.75) is 6.92 Å². The van der Waals surface area contributed by atoms with Crippen LogP contribution in [0, 0.1) is 0 Å². The fourth-order valence-corrected chi connectivity index (χ4v) is 3.04. The summed E-state index contributed by atoms with van der Waals surface area (Å²) < 4.78 is 7.07. The van der Waals surface area contributed by atoms with Crippen molar-refractivity contribution < 1.29 is 9.84 Å². The predicted molar refractivity (Wildman–Crippen MR) is 104 cm³/mol. The minimum atomic E-state index is -0.289. The number of aromatic amines is 1. The van der Waals surface area contributed by atoms with Gasteiger partial charge in [-0.2, -0.15) is 0 Å². The van der Waals surface area contributed by atoms with E-state index in [-0.39, 0.29) is 28.5 Å². The summed E-state index contributed by atoms with van der Waals surface area (Å²) in [5, 5.41) is 10.9. The van der Waals surface area contributed by atoms with Crippen LogP contribution in [0.2, 0.25) is 0 Å². The fourth-order valence-electron chi connectivity index (χ4n) is 3.04. The van der Waals surface area contributed by atoms with E-state index in [0.29, 0.717) is 17.5 Å². The first-order valence-electron chi connectivity index (χ1n) is 8.51. The van der Waals surface area contributed by atoms with E-state index in [1.165, 1.54) is 6.20 Å². The molecule has 0 atom stereocenters. The highest BCUT2D eigenvalue weighted by Gasteiger charge is 2.19. The molecule has 27 heavy (non-hydrogen) atoms.